The van der Waals surface area contributed by atoms with E-state index in [1.165, 1.54) is 25.1 Å². The zero-order valence-corrected chi connectivity index (χ0v) is 14.3. The molecule has 0 aliphatic rings. The topological polar surface area (TPSA) is 63.2 Å². The highest BCUT2D eigenvalue weighted by molar-refractivity contribution is 9.10. The SMILES string of the molecule is CC(=O)c1cc(F)c(Br)cc1NS(=O)(=O)c1ccc(C)cc1. The molecule has 0 bridgehead atoms. The Morgan fingerprint density at radius 1 is 1.18 bits per heavy atom. The van der Waals surface area contributed by atoms with Gasteiger partial charge in [-0.3, -0.25) is 9.52 Å². The summed E-state index contributed by atoms with van der Waals surface area (Å²) in [6.07, 6.45) is 0. The van der Waals surface area contributed by atoms with Crippen LogP contribution in [0.2, 0.25) is 0 Å². The Balaban J connectivity index is 2.47. The van der Waals surface area contributed by atoms with E-state index in [1.807, 2.05) is 6.92 Å². The monoisotopic (exact) mass is 385 g/mol. The zero-order chi connectivity index (χ0) is 16.5. The van der Waals surface area contributed by atoms with Crippen molar-refractivity contribution in [3.05, 3.63) is 57.8 Å². The van der Waals surface area contributed by atoms with Crippen molar-refractivity contribution in [3.8, 4) is 0 Å². The number of carbonyl (C=O) groups excluding carboxylic acids is 1. The number of halogens is 2. The van der Waals surface area contributed by atoms with Crippen molar-refractivity contribution in [1.29, 1.82) is 0 Å². The second-order valence-corrected chi connectivity index (χ2v) is 7.32. The molecule has 116 valence electrons. The molecule has 0 aliphatic heterocycles. The summed E-state index contributed by atoms with van der Waals surface area (Å²) in [7, 11) is -3.86. The van der Waals surface area contributed by atoms with Crippen molar-refractivity contribution >= 4 is 37.4 Å². The number of aryl methyl sites for hydroxylation is 1. The highest BCUT2D eigenvalue weighted by atomic mass is 79.9. The molecule has 22 heavy (non-hydrogen) atoms. The predicted molar refractivity (Wildman–Crippen MR) is 86.1 cm³/mol. The van der Waals surface area contributed by atoms with Crippen molar-refractivity contribution in [2.45, 2.75) is 18.7 Å². The lowest BCUT2D eigenvalue weighted by atomic mass is 10.1. The van der Waals surface area contributed by atoms with Crippen molar-refractivity contribution in [3.63, 3.8) is 0 Å². The van der Waals surface area contributed by atoms with Gasteiger partial charge >= 0.3 is 0 Å². The van der Waals surface area contributed by atoms with Gasteiger partial charge in [-0.1, -0.05) is 17.7 Å². The average Bonchev–Trinajstić information content (AvgIpc) is 2.42. The van der Waals surface area contributed by atoms with Crippen LogP contribution in [-0.4, -0.2) is 14.2 Å². The molecule has 0 radical (unpaired) electrons. The Hall–Kier alpha value is -1.73. The molecule has 2 aromatic rings. The Bertz CT molecular complexity index is 833. The van der Waals surface area contributed by atoms with E-state index in [0.717, 1.165) is 11.6 Å². The van der Waals surface area contributed by atoms with E-state index in [2.05, 4.69) is 20.7 Å². The molecular weight excluding hydrogens is 373 g/mol. The number of sulfonamides is 1. The molecule has 0 fully saturated rings. The minimum atomic E-state index is -3.86. The fraction of sp³-hybridized carbons (Fsp3) is 0.133. The van der Waals surface area contributed by atoms with Gasteiger partial charge in [-0.05, 0) is 54.0 Å². The lowest BCUT2D eigenvalue weighted by Gasteiger charge is -2.12. The maximum absolute atomic E-state index is 13.5. The summed E-state index contributed by atoms with van der Waals surface area (Å²) in [6, 6.07) is 8.49. The van der Waals surface area contributed by atoms with Crippen molar-refractivity contribution in [2.24, 2.45) is 0 Å². The van der Waals surface area contributed by atoms with Crippen LogP contribution in [0.3, 0.4) is 0 Å². The third-order valence-corrected chi connectivity index (χ3v) is 5.00. The van der Waals surface area contributed by atoms with Gasteiger partial charge in [0.1, 0.15) is 5.82 Å². The summed E-state index contributed by atoms with van der Waals surface area (Å²) in [5.41, 5.74) is 0.922. The van der Waals surface area contributed by atoms with Crippen LogP contribution in [-0.2, 0) is 10.0 Å². The summed E-state index contributed by atoms with van der Waals surface area (Å²) >= 11 is 2.98. The van der Waals surface area contributed by atoms with Crippen LogP contribution >= 0.6 is 15.9 Å². The lowest BCUT2D eigenvalue weighted by molar-refractivity contribution is 0.101. The van der Waals surface area contributed by atoms with Crippen LogP contribution in [0.5, 0.6) is 0 Å². The van der Waals surface area contributed by atoms with E-state index in [0.29, 0.717) is 0 Å². The largest absolute Gasteiger partial charge is 0.294 e. The van der Waals surface area contributed by atoms with Gasteiger partial charge in [0.15, 0.2) is 5.78 Å². The van der Waals surface area contributed by atoms with Crippen LogP contribution in [0.1, 0.15) is 22.8 Å². The number of hydrogen-bond acceptors (Lipinski definition) is 3. The maximum atomic E-state index is 13.5. The molecular formula is C15H13BrFNO3S. The van der Waals surface area contributed by atoms with Crippen molar-refractivity contribution in [1.82, 2.24) is 0 Å². The van der Waals surface area contributed by atoms with Gasteiger partial charge in [0.25, 0.3) is 10.0 Å². The molecule has 0 spiro atoms. The Morgan fingerprint density at radius 3 is 2.32 bits per heavy atom. The third kappa shape index (κ3) is 3.53. The summed E-state index contributed by atoms with van der Waals surface area (Å²) in [4.78, 5) is 11.6. The smallest absolute Gasteiger partial charge is 0.261 e. The summed E-state index contributed by atoms with van der Waals surface area (Å²) in [5.74, 6) is -1.07. The normalized spacial score (nSPS) is 11.3. The van der Waals surface area contributed by atoms with Crippen LogP contribution in [0.25, 0.3) is 0 Å². The molecule has 0 aromatic heterocycles. The summed E-state index contributed by atoms with van der Waals surface area (Å²) in [5, 5.41) is 0. The average molecular weight is 386 g/mol. The minimum absolute atomic E-state index is 0.0290. The van der Waals surface area contributed by atoms with Crippen LogP contribution in [0.15, 0.2) is 45.8 Å². The number of benzene rings is 2. The van der Waals surface area contributed by atoms with E-state index in [-0.39, 0.29) is 20.6 Å². The van der Waals surface area contributed by atoms with Crippen molar-refractivity contribution < 1.29 is 17.6 Å². The van der Waals surface area contributed by atoms with Gasteiger partial charge < -0.3 is 0 Å². The predicted octanol–water partition coefficient (Wildman–Crippen LogP) is 3.90. The van der Waals surface area contributed by atoms with Gasteiger partial charge in [-0.15, -0.1) is 0 Å². The van der Waals surface area contributed by atoms with Gasteiger partial charge in [0.2, 0.25) is 0 Å². The van der Waals surface area contributed by atoms with Crippen LogP contribution in [0, 0.1) is 12.7 Å². The standard InChI is InChI=1S/C15H13BrFNO3S/c1-9-3-5-11(6-4-9)22(20,21)18-15-8-13(16)14(17)7-12(15)10(2)19/h3-8,18H,1-2H3. The first kappa shape index (κ1) is 16.6. The Morgan fingerprint density at radius 2 is 1.77 bits per heavy atom. The summed E-state index contributed by atoms with van der Waals surface area (Å²) in [6.45, 7) is 3.08. The van der Waals surface area contributed by atoms with Crippen LogP contribution < -0.4 is 4.72 Å². The molecule has 0 atom stereocenters. The van der Waals surface area contributed by atoms with Gasteiger partial charge in [0.05, 0.1) is 15.1 Å². The second kappa shape index (κ2) is 6.18. The number of Topliss-reactive ketones (excluding diaryl/α,β-unsaturated/α-hetero) is 1. The fourth-order valence-corrected chi connectivity index (χ4v) is 3.26. The first-order valence-corrected chi connectivity index (χ1v) is 8.58. The lowest BCUT2D eigenvalue weighted by Crippen LogP contribution is -2.15. The molecule has 0 heterocycles. The molecule has 2 rings (SSSR count). The molecule has 2 aromatic carbocycles. The van der Waals surface area contributed by atoms with E-state index < -0.39 is 21.6 Å². The maximum Gasteiger partial charge on any atom is 0.261 e. The van der Waals surface area contributed by atoms with Crippen molar-refractivity contribution in [2.75, 3.05) is 4.72 Å². The molecule has 4 nitrogen and oxygen atoms in total. The number of nitrogens with one attached hydrogen (secondary N) is 1. The molecule has 0 unspecified atom stereocenters. The zero-order valence-electron chi connectivity index (χ0n) is 11.9. The Kier molecular flexibility index (Phi) is 4.67. The fourth-order valence-electron chi connectivity index (χ4n) is 1.84. The quantitative estimate of drug-likeness (QED) is 0.811. The number of rotatable bonds is 4. The Labute approximate surface area is 136 Å². The number of anilines is 1. The first-order chi connectivity index (χ1) is 10.2. The molecule has 7 heteroatoms. The molecule has 0 saturated carbocycles. The van der Waals surface area contributed by atoms with Gasteiger partial charge in [-0.25, -0.2) is 12.8 Å². The van der Waals surface area contributed by atoms with Crippen LogP contribution in [0.4, 0.5) is 10.1 Å². The number of carbonyl (C=O) groups is 1. The molecule has 0 amide bonds. The number of hydrogen-bond donors (Lipinski definition) is 1. The second-order valence-electron chi connectivity index (χ2n) is 4.79. The van der Waals surface area contributed by atoms with E-state index in [9.17, 15) is 17.6 Å². The highest BCUT2D eigenvalue weighted by Crippen LogP contribution is 2.27. The number of ketones is 1. The van der Waals surface area contributed by atoms with E-state index in [1.54, 1.807) is 12.1 Å². The van der Waals surface area contributed by atoms with E-state index in [4.69, 9.17) is 0 Å². The minimum Gasteiger partial charge on any atom is -0.294 e. The highest BCUT2D eigenvalue weighted by Gasteiger charge is 2.19. The summed E-state index contributed by atoms with van der Waals surface area (Å²) < 4.78 is 40.6. The first-order valence-electron chi connectivity index (χ1n) is 6.30. The molecule has 0 aliphatic carbocycles. The van der Waals surface area contributed by atoms with Gasteiger partial charge in [-0.2, -0.15) is 0 Å². The molecule has 1 N–H and O–H groups in total. The molecule has 0 saturated heterocycles. The van der Waals surface area contributed by atoms with E-state index >= 15 is 0 Å². The van der Waals surface area contributed by atoms with Gasteiger partial charge in [0, 0.05) is 5.56 Å². The third-order valence-electron chi connectivity index (χ3n) is 3.02.